The summed E-state index contributed by atoms with van der Waals surface area (Å²) >= 11 is 3.93. The first-order valence-corrected chi connectivity index (χ1v) is 10.8. The first-order chi connectivity index (χ1) is 12.8. The summed E-state index contributed by atoms with van der Waals surface area (Å²) in [6.07, 6.45) is 6.30. The zero-order valence-electron chi connectivity index (χ0n) is 16.1. The molecule has 5 heteroatoms. The maximum Gasteiger partial charge on any atom is 0.312 e. The standard InChI is InChI=1S/C22H28BrNO3/c1-15(2)24(18-6-4-3-5-7-18)19(25)13-27-20(26)21-9-16-8-17(10-21)12-22(23,11-16)14-21/h3-7,15-17H,8-14H2,1-2H3. The van der Waals surface area contributed by atoms with Crippen LogP contribution in [0.15, 0.2) is 30.3 Å². The second-order valence-corrected chi connectivity index (χ2v) is 10.8. The van der Waals surface area contributed by atoms with Gasteiger partial charge in [-0.05, 0) is 76.3 Å². The van der Waals surface area contributed by atoms with Gasteiger partial charge in [-0.15, -0.1) is 0 Å². The maximum absolute atomic E-state index is 13.1. The lowest BCUT2D eigenvalue weighted by molar-refractivity contribution is -0.171. The Balaban J connectivity index is 1.44. The van der Waals surface area contributed by atoms with Crippen molar-refractivity contribution in [3.05, 3.63) is 30.3 Å². The van der Waals surface area contributed by atoms with Crippen LogP contribution in [0, 0.1) is 17.3 Å². The van der Waals surface area contributed by atoms with Gasteiger partial charge in [-0.25, -0.2) is 0 Å². The van der Waals surface area contributed by atoms with Crippen LogP contribution in [0.3, 0.4) is 0 Å². The molecule has 4 saturated carbocycles. The number of carbonyl (C=O) groups excluding carboxylic acids is 2. The van der Waals surface area contributed by atoms with Crippen LogP contribution in [0.2, 0.25) is 0 Å². The molecule has 0 aliphatic heterocycles. The summed E-state index contributed by atoms with van der Waals surface area (Å²) in [6.45, 7) is 3.76. The summed E-state index contributed by atoms with van der Waals surface area (Å²) in [5.74, 6) is 0.907. The average Bonchev–Trinajstić information content (AvgIpc) is 2.58. The highest BCUT2D eigenvalue weighted by molar-refractivity contribution is 9.10. The van der Waals surface area contributed by atoms with Crippen LogP contribution in [-0.2, 0) is 14.3 Å². The van der Waals surface area contributed by atoms with E-state index in [1.165, 1.54) is 19.3 Å². The van der Waals surface area contributed by atoms with E-state index in [4.69, 9.17) is 4.74 Å². The molecule has 5 rings (SSSR count). The predicted molar refractivity (Wildman–Crippen MR) is 109 cm³/mol. The number of hydrogen-bond donors (Lipinski definition) is 0. The van der Waals surface area contributed by atoms with Gasteiger partial charge in [0.2, 0.25) is 0 Å². The summed E-state index contributed by atoms with van der Waals surface area (Å²) < 4.78 is 5.74. The van der Waals surface area contributed by atoms with Gasteiger partial charge in [-0.2, -0.15) is 0 Å². The summed E-state index contributed by atoms with van der Waals surface area (Å²) in [4.78, 5) is 27.6. The molecule has 0 radical (unpaired) electrons. The largest absolute Gasteiger partial charge is 0.455 e. The highest BCUT2D eigenvalue weighted by atomic mass is 79.9. The SMILES string of the molecule is CC(C)N(C(=O)COC(=O)C12CC3CC(CC(Br)(C3)C1)C2)c1ccccc1. The Morgan fingerprint density at radius 3 is 2.33 bits per heavy atom. The molecule has 2 unspecified atom stereocenters. The van der Waals surface area contributed by atoms with Gasteiger partial charge in [-0.1, -0.05) is 34.1 Å². The maximum atomic E-state index is 13.1. The molecule has 4 bridgehead atoms. The van der Waals surface area contributed by atoms with Crippen LogP contribution in [0.25, 0.3) is 0 Å². The first kappa shape index (κ1) is 19.0. The molecule has 4 aliphatic rings. The van der Waals surface area contributed by atoms with Gasteiger partial charge in [0, 0.05) is 16.1 Å². The van der Waals surface area contributed by atoms with Crippen molar-refractivity contribution < 1.29 is 14.3 Å². The Bertz CT molecular complexity index is 718. The van der Waals surface area contributed by atoms with Crippen LogP contribution < -0.4 is 4.90 Å². The van der Waals surface area contributed by atoms with E-state index in [0.717, 1.165) is 24.9 Å². The number of benzene rings is 1. The Morgan fingerprint density at radius 2 is 1.78 bits per heavy atom. The van der Waals surface area contributed by atoms with Crippen LogP contribution >= 0.6 is 15.9 Å². The predicted octanol–water partition coefficient (Wildman–Crippen LogP) is 4.71. The van der Waals surface area contributed by atoms with Crippen LogP contribution in [0.1, 0.15) is 52.4 Å². The molecule has 27 heavy (non-hydrogen) atoms. The zero-order valence-corrected chi connectivity index (χ0v) is 17.7. The monoisotopic (exact) mass is 433 g/mol. The number of rotatable bonds is 5. The van der Waals surface area contributed by atoms with Crippen LogP contribution in [-0.4, -0.2) is 28.8 Å². The topological polar surface area (TPSA) is 46.6 Å². The van der Waals surface area contributed by atoms with E-state index >= 15 is 0 Å². The van der Waals surface area contributed by atoms with Crippen molar-refractivity contribution in [3.8, 4) is 0 Å². The lowest BCUT2D eigenvalue weighted by Crippen LogP contribution is -2.56. The van der Waals surface area contributed by atoms with E-state index in [0.29, 0.717) is 11.8 Å². The van der Waals surface area contributed by atoms with Crippen molar-refractivity contribution in [2.75, 3.05) is 11.5 Å². The first-order valence-electron chi connectivity index (χ1n) is 10.0. The molecular formula is C22H28BrNO3. The number of anilines is 1. The van der Waals surface area contributed by atoms with Crippen molar-refractivity contribution in [2.24, 2.45) is 17.3 Å². The Kier molecular flexibility index (Phi) is 4.86. The van der Waals surface area contributed by atoms with Gasteiger partial charge in [0.15, 0.2) is 6.61 Å². The third-order valence-corrected chi connectivity index (χ3v) is 7.50. The fourth-order valence-corrected chi connectivity index (χ4v) is 7.51. The molecular weight excluding hydrogens is 406 g/mol. The minimum Gasteiger partial charge on any atom is -0.455 e. The Morgan fingerprint density at radius 1 is 1.15 bits per heavy atom. The normalized spacial score (nSPS) is 33.9. The highest BCUT2D eigenvalue weighted by Crippen LogP contribution is 2.64. The Hall–Kier alpha value is -1.36. The number of ether oxygens (including phenoxy) is 1. The van der Waals surface area contributed by atoms with Crippen molar-refractivity contribution in [1.29, 1.82) is 0 Å². The summed E-state index contributed by atoms with van der Waals surface area (Å²) in [5.41, 5.74) is 0.450. The highest BCUT2D eigenvalue weighted by Gasteiger charge is 2.60. The van der Waals surface area contributed by atoms with Gasteiger partial charge in [-0.3, -0.25) is 9.59 Å². The number of carbonyl (C=O) groups is 2. The minimum absolute atomic E-state index is 0.00367. The van der Waals surface area contributed by atoms with Gasteiger partial charge < -0.3 is 9.64 Å². The quantitative estimate of drug-likeness (QED) is 0.498. The lowest BCUT2D eigenvalue weighted by Gasteiger charge is -2.58. The second kappa shape index (κ2) is 6.91. The number of hydrogen-bond acceptors (Lipinski definition) is 3. The molecule has 0 aromatic heterocycles. The molecule has 2 atom stereocenters. The number of para-hydroxylation sites is 1. The third kappa shape index (κ3) is 3.55. The number of halogens is 1. The molecule has 1 aromatic carbocycles. The van der Waals surface area contributed by atoms with E-state index in [-0.39, 0.29) is 34.3 Å². The molecule has 0 saturated heterocycles. The molecule has 1 amide bonds. The molecule has 4 nitrogen and oxygen atoms in total. The summed E-state index contributed by atoms with van der Waals surface area (Å²) in [7, 11) is 0. The summed E-state index contributed by atoms with van der Waals surface area (Å²) in [6, 6.07) is 9.57. The fraction of sp³-hybridized carbons (Fsp3) is 0.636. The van der Waals surface area contributed by atoms with Gasteiger partial charge in [0.25, 0.3) is 5.91 Å². The third-order valence-electron chi connectivity index (χ3n) is 6.57. The smallest absolute Gasteiger partial charge is 0.312 e. The van der Waals surface area contributed by atoms with Gasteiger partial charge >= 0.3 is 5.97 Å². The molecule has 0 spiro atoms. The summed E-state index contributed by atoms with van der Waals surface area (Å²) in [5, 5.41) is 0. The number of alkyl halides is 1. The molecule has 0 heterocycles. The van der Waals surface area contributed by atoms with Crippen LogP contribution in [0.4, 0.5) is 5.69 Å². The Labute approximate surface area is 169 Å². The van der Waals surface area contributed by atoms with E-state index < -0.39 is 0 Å². The van der Waals surface area contributed by atoms with Crippen LogP contribution in [0.5, 0.6) is 0 Å². The zero-order chi connectivity index (χ0) is 19.2. The minimum atomic E-state index is -0.386. The van der Waals surface area contributed by atoms with Crippen molar-refractivity contribution in [3.63, 3.8) is 0 Å². The van der Waals surface area contributed by atoms with Crippen molar-refractivity contribution >= 4 is 33.5 Å². The number of esters is 1. The molecule has 0 N–H and O–H groups in total. The molecule has 4 aliphatic carbocycles. The van der Waals surface area contributed by atoms with E-state index in [1.807, 2.05) is 44.2 Å². The second-order valence-electron chi connectivity index (χ2n) is 9.16. The molecule has 4 fully saturated rings. The van der Waals surface area contributed by atoms with E-state index in [9.17, 15) is 9.59 Å². The van der Waals surface area contributed by atoms with Gasteiger partial charge in [0.05, 0.1) is 5.41 Å². The van der Waals surface area contributed by atoms with E-state index in [1.54, 1.807) is 4.90 Å². The lowest BCUT2D eigenvalue weighted by atomic mass is 9.49. The van der Waals surface area contributed by atoms with E-state index in [2.05, 4.69) is 15.9 Å². The fourth-order valence-electron chi connectivity index (χ4n) is 6.06. The molecule has 1 aromatic rings. The van der Waals surface area contributed by atoms with Gasteiger partial charge in [0.1, 0.15) is 0 Å². The average molecular weight is 434 g/mol. The number of nitrogens with zero attached hydrogens (tertiary/aromatic N) is 1. The van der Waals surface area contributed by atoms with Crippen molar-refractivity contribution in [2.45, 2.75) is 62.7 Å². The number of amides is 1. The molecule has 146 valence electrons. The van der Waals surface area contributed by atoms with Crippen molar-refractivity contribution in [1.82, 2.24) is 0 Å².